The summed E-state index contributed by atoms with van der Waals surface area (Å²) in [4.78, 5) is 4.09. The highest BCUT2D eigenvalue weighted by atomic mass is 19.1. The average molecular weight is 320 g/mol. The Morgan fingerprint density at radius 3 is 2.96 bits per heavy atom. The Labute approximate surface area is 134 Å². The molecule has 23 heavy (non-hydrogen) atoms. The Bertz CT molecular complexity index is 633. The largest absolute Gasteiger partial charge is 0.467 e. The molecule has 0 saturated heterocycles. The molecule has 1 aliphatic heterocycles. The molecule has 3 rings (SSSR count). The van der Waals surface area contributed by atoms with Crippen molar-refractivity contribution < 1.29 is 18.7 Å². The van der Waals surface area contributed by atoms with Crippen molar-refractivity contribution >= 4 is 11.4 Å². The SMILES string of the molecule is CN1CCN(CC(O)COCc2ccco2)c2ccc(F)cc21. The van der Waals surface area contributed by atoms with E-state index in [1.54, 1.807) is 18.4 Å². The lowest BCUT2D eigenvalue weighted by Gasteiger charge is -2.37. The molecule has 0 saturated carbocycles. The van der Waals surface area contributed by atoms with E-state index in [2.05, 4.69) is 4.90 Å². The van der Waals surface area contributed by atoms with Crippen LogP contribution in [0.5, 0.6) is 0 Å². The molecule has 1 aromatic carbocycles. The molecule has 5 nitrogen and oxygen atoms in total. The first-order valence-electron chi connectivity index (χ1n) is 7.67. The van der Waals surface area contributed by atoms with Gasteiger partial charge in [0.2, 0.25) is 0 Å². The van der Waals surface area contributed by atoms with Gasteiger partial charge in [-0.05, 0) is 30.3 Å². The normalized spacial score (nSPS) is 15.6. The number of hydrogen-bond acceptors (Lipinski definition) is 5. The first kappa shape index (κ1) is 15.8. The zero-order valence-corrected chi connectivity index (χ0v) is 13.1. The minimum Gasteiger partial charge on any atom is -0.467 e. The van der Waals surface area contributed by atoms with Gasteiger partial charge in [0.15, 0.2) is 0 Å². The number of ether oxygens (including phenoxy) is 1. The number of hydrogen-bond donors (Lipinski definition) is 1. The Morgan fingerprint density at radius 1 is 1.30 bits per heavy atom. The van der Waals surface area contributed by atoms with Crippen LogP contribution in [0.15, 0.2) is 41.0 Å². The first-order valence-corrected chi connectivity index (χ1v) is 7.67. The number of rotatable bonds is 6. The molecule has 6 heteroatoms. The summed E-state index contributed by atoms with van der Waals surface area (Å²) in [6.07, 6.45) is 0.973. The van der Waals surface area contributed by atoms with Crippen molar-refractivity contribution in [2.45, 2.75) is 12.7 Å². The second-order valence-corrected chi connectivity index (χ2v) is 5.75. The maximum Gasteiger partial charge on any atom is 0.129 e. The first-order chi connectivity index (χ1) is 11.1. The predicted octanol–water partition coefficient (Wildman–Crippen LogP) is 2.25. The molecular weight excluding hydrogens is 299 g/mol. The van der Waals surface area contributed by atoms with Gasteiger partial charge in [-0.2, -0.15) is 0 Å². The third-order valence-corrected chi connectivity index (χ3v) is 3.96. The topological polar surface area (TPSA) is 49.1 Å². The number of furan rings is 1. The molecule has 0 amide bonds. The van der Waals surface area contributed by atoms with E-state index in [1.807, 2.05) is 18.0 Å². The minimum absolute atomic E-state index is 0.226. The summed E-state index contributed by atoms with van der Waals surface area (Å²) in [5.74, 6) is 0.484. The van der Waals surface area contributed by atoms with Crippen molar-refractivity contribution in [3.05, 3.63) is 48.2 Å². The lowest BCUT2D eigenvalue weighted by Crippen LogP contribution is -2.43. The fourth-order valence-electron chi connectivity index (χ4n) is 2.77. The summed E-state index contributed by atoms with van der Waals surface area (Å²) in [6, 6.07) is 8.37. The van der Waals surface area contributed by atoms with E-state index in [0.717, 1.165) is 30.2 Å². The maximum absolute atomic E-state index is 13.4. The van der Waals surface area contributed by atoms with Crippen molar-refractivity contribution in [2.75, 3.05) is 43.1 Å². The summed E-state index contributed by atoms with van der Waals surface area (Å²) >= 11 is 0. The van der Waals surface area contributed by atoms with Gasteiger partial charge in [-0.1, -0.05) is 0 Å². The Balaban J connectivity index is 1.56. The number of β-amino-alcohol motifs (C(OH)–C–C–N with tert-alkyl or cyclic N) is 1. The van der Waals surface area contributed by atoms with Gasteiger partial charge in [0.1, 0.15) is 18.2 Å². The third kappa shape index (κ3) is 3.83. The fraction of sp³-hybridized carbons (Fsp3) is 0.412. The number of nitrogens with zero attached hydrogens (tertiary/aromatic N) is 2. The molecular formula is C17H21FN2O3. The zero-order chi connectivity index (χ0) is 16.2. The number of aliphatic hydroxyl groups excluding tert-OH is 1. The third-order valence-electron chi connectivity index (χ3n) is 3.96. The number of halogens is 1. The van der Waals surface area contributed by atoms with Crippen LogP contribution in [0.4, 0.5) is 15.8 Å². The van der Waals surface area contributed by atoms with Crippen LogP contribution < -0.4 is 9.80 Å². The molecule has 124 valence electrons. The summed E-state index contributed by atoms with van der Waals surface area (Å²) in [5.41, 5.74) is 1.78. The average Bonchev–Trinajstić information content (AvgIpc) is 3.04. The van der Waals surface area contributed by atoms with E-state index >= 15 is 0 Å². The molecule has 0 radical (unpaired) electrons. The minimum atomic E-state index is -0.619. The summed E-state index contributed by atoms with van der Waals surface area (Å²) < 4.78 is 24.1. The number of aliphatic hydroxyl groups is 1. The molecule has 0 spiro atoms. The van der Waals surface area contributed by atoms with Crippen molar-refractivity contribution in [1.29, 1.82) is 0 Å². The molecule has 2 heterocycles. The van der Waals surface area contributed by atoms with Crippen LogP contribution in [0, 0.1) is 5.82 Å². The smallest absolute Gasteiger partial charge is 0.129 e. The zero-order valence-electron chi connectivity index (χ0n) is 13.1. The van der Waals surface area contributed by atoms with Gasteiger partial charge in [0, 0.05) is 26.7 Å². The van der Waals surface area contributed by atoms with E-state index in [-0.39, 0.29) is 12.4 Å². The second kappa shape index (κ2) is 7.02. The van der Waals surface area contributed by atoms with Crippen molar-refractivity contribution in [3.8, 4) is 0 Å². The molecule has 1 aromatic heterocycles. The van der Waals surface area contributed by atoms with Crippen LogP contribution in [0.25, 0.3) is 0 Å². The molecule has 0 bridgehead atoms. The van der Waals surface area contributed by atoms with E-state index in [4.69, 9.17) is 9.15 Å². The number of anilines is 2. The Morgan fingerprint density at radius 2 is 2.17 bits per heavy atom. The maximum atomic E-state index is 13.4. The predicted molar refractivity (Wildman–Crippen MR) is 86.3 cm³/mol. The van der Waals surface area contributed by atoms with Crippen LogP contribution in [-0.4, -0.2) is 44.5 Å². The molecule has 0 fully saturated rings. The van der Waals surface area contributed by atoms with Crippen LogP contribution in [0.3, 0.4) is 0 Å². The summed E-state index contributed by atoms with van der Waals surface area (Å²) in [7, 11) is 1.94. The molecule has 1 atom stereocenters. The summed E-state index contributed by atoms with van der Waals surface area (Å²) in [6.45, 7) is 2.59. The van der Waals surface area contributed by atoms with Crippen LogP contribution in [-0.2, 0) is 11.3 Å². The van der Waals surface area contributed by atoms with Crippen molar-refractivity contribution in [1.82, 2.24) is 0 Å². The molecule has 1 aliphatic rings. The van der Waals surface area contributed by atoms with E-state index in [9.17, 15) is 9.50 Å². The van der Waals surface area contributed by atoms with Crippen LogP contribution >= 0.6 is 0 Å². The van der Waals surface area contributed by atoms with Gasteiger partial charge in [-0.25, -0.2) is 4.39 Å². The van der Waals surface area contributed by atoms with Gasteiger partial charge in [0.05, 0.1) is 30.3 Å². The number of likely N-dealkylation sites (N-methyl/N-ethyl adjacent to an activating group) is 1. The lowest BCUT2D eigenvalue weighted by molar-refractivity contribution is 0.0255. The van der Waals surface area contributed by atoms with Gasteiger partial charge >= 0.3 is 0 Å². The van der Waals surface area contributed by atoms with E-state index in [1.165, 1.54) is 12.1 Å². The van der Waals surface area contributed by atoms with Crippen molar-refractivity contribution in [2.24, 2.45) is 0 Å². The monoisotopic (exact) mass is 320 g/mol. The highest BCUT2D eigenvalue weighted by Crippen LogP contribution is 2.32. The van der Waals surface area contributed by atoms with Gasteiger partial charge in [0.25, 0.3) is 0 Å². The molecule has 1 N–H and O–H groups in total. The Hall–Kier alpha value is -2.05. The van der Waals surface area contributed by atoms with Crippen molar-refractivity contribution in [3.63, 3.8) is 0 Å². The highest BCUT2D eigenvalue weighted by Gasteiger charge is 2.22. The van der Waals surface area contributed by atoms with Crippen LogP contribution in [0.1, 0.15) is 5.76 Å². The molecule has 2 aromatic rings. The second-order valence-electron chi connectivity index (χ2n) is 5.75. The number of benzene rings is 1. The molecule has 0 aliphatic carbocycles. The van der Waals surface area contributed by atoms with E-state index in [0.29, 0.717) is 13.2 Å². The van der Waals surface area contributed by atoms with Gasteiger partial charge in [-0.15, -0.1) is 0 Å². The quantitative estimate of drug-likeness (QED) is 0.885. The standard InChI is InChI=1S/C17H21FN2O3/c1-19-6-7-20(16-5-4-13(18)9-17(16)19)10-14(21)11-22-12-15-3-2-8-23-15/h2-5,8-9,14,21H,6-7,10-12H2,1H3. The summed E-state index contributed by atoms with van der Waals surface area (Å²) in [5, 5.41) is 10.2. The highest BCUT2D eigenvalue weighted by molar-refractivity contribution is 5.73. The van der Waals surface area contributed by atoms with E-state index < -0.39 is 6.10 Å². The fourth-order valence-corrected chi connectivity index (χ4v) is 2.77. The van der Waals surface area contributed by atoms with Gasteiger partial charge < -0.3 is 24.1 Å². The van der Waals surface area contributed by atoms with Crippen LogP contribution in [0.2, 0.25) is 0 Å². The van der Waals surface area contributed by atoms with Gasteiger partial charge in [-0.3, -0.25) is 0 Å². The number of fused-ring (bicyclic) bond motifs is 1. The Kier molecular flexibility index (Phi) is 4.83. The molecule has 1 unspecified atom stereocenters. The lowest BCUT2D eigenvalue weighted by atomic mass is 10.1.